The quantitative estimate of drug-likeness (QED) is 0.724. The first-order chi connectivity index (χ1) is 12.1. The van der Waals surface area contributed by atoms with Gasteiger partial charge in [-0.25, -0.2) is 4.39 Å². The zero-order valence-electron chi connectivity index (χ0n) is 13.2. The fraction of sp³-hybridized carbons (Fsp3) is 0.111. The number of furan rings is 1. The van der Waals surface area contributed by atoms with E-state index in [-0.39, 0.29) is 24.4 Å². The Bertz CT molecular complexity index is 858. The molecule has 0 aliphatic heterocycles. The Labute approximate surface area is 143 Å². The molecular weight excluding hydrogens is 325 g/mol. The Morgan fingerprint density at radius 2 is 1.92 bits per heavy atom. The number of hydrogen-bond acceptors (Lipinski definition) is 3. The Morgan fingerprint density at radius 1 is 1.12 bits per heavy atom. The van der Waals surface area contributed by atoms with Gasteiger partial charge < -0.3 is 19.6 Å². The molecule has 2 aromatic heterocycles. The largest absolute Gasteiger partial charge is 0.459 e. The molecule has 0 aliphatic carbocycles. The van der Waals surface area contributed by atoms with Gasteiger partial charge in [0.2, 0.25) is 5.91 Å². The standard InChI is InChI=1S/C18H16FN3O3/c19-14-6-5-13(22-9-1-2-10-22)12-15(14)21-17(23)7-8-20-18(24)16-4-3-11-25-16/h1-6,9-12H,7-8H2,(H,20,24)(H,21,23). The first-order valence-electron chi connectivity index (χ1n) is 7.68. The van der Waals surface area contributed by atoms with Crippen molar-refractivity contribution >= 4 is 17.5 Å². The molecule has 0 bridgehead atoms. The number of hydrogen-bond donors (Lipinski definition) is 2. The molecule has 2 amide bonds. The SMILES string of the molecule is O=C(CCNC(=O)c1ccco1)Nc1cc(-n2cccc2)ccc1F. The van der Waals surface area contributed by atoms with Crippen LogP contribution in [-0.4, -0.2) is 22.9 Å². The molecule has 0 saturated heterocycles. The van der Waals surface area contributed by atoms with E-state index >= 15 is 0 Å². The summed E-state index contributed by atoms with van der Waals surface area (Å²) in [7, 11) is 0. The van der Waals surface area contributed by atoms with E-state index in [1.165, 1.54) is 18.4 Å². The van der Waals surface area contributed by atoms with Crippen molar-refractivity contribution in [2.75, 3.05) is 11.9 Å². The lowest BCUT2D eigenvalue weighted by Crippen LogP contribution is -2.27. The number of nitrogens with zero attached hydrogens (tertiary/aromatic N) is 1. The van der Waals surface area contributed by atoms with Crippen LogP contribution in [-0.2, 0) is 4.79 Å². The highest BCUT2D eigenvalue weighted by atomic mass is 19.1. The fourth-order valence-corrected chi connectivity index (χ4v) is 2.27. The maximum atomic E-state index is 13.9. The summed E-state index contributed by atoms with van der Waals surface area (Å²) in [6, 6.07) is 11.3. The third-order valence-electron chi connectivity index (χ3n) is 3.51. The Kier molecular flexibility index (Phi) is 4.94. The molecule has 0 spiro atoms. The van der Waals surface area contributed by atoms with Crippen LogP contribution in [0.2, 0.25) is 0 Å². The van der Waals surface area contributed by atoms with E-state index < -0.39 is 17.6 Å². The zero-order valence-corrected chi connectivity index (χ0v) is 13.2. The van der Waals surface area contributed by atoms with Gasteiger partial charge in [0, 0.05) is 31.0 Å². The van der Waals surface area contributed by atoms with Crippen LogP contribution in [0.1, 0.15) is 17.0 Å². The Hall–Kier alpha value is -3.35. The van der Waals surface area contributed by atoms with Crippen LogP contribution in [0.25, 0.3) is 5.69 Å². The number of anilines is 1. The molecule has 3 rings (SSSR count). The molecule has 128 valence electrons. The van der Waals surface area contributed by atoms with E-state index in [1.54, 1.807) is 22.8 Å². The van der Waals surface area contributed by atoms with Crippen LogP contribution >= 0.6 is 0 Å². The summed E-state index contributed by atoms with van der Waals surface area (Å²) in [4.78, 5) is 23.6. The topological polar surface area (TPSA) is 76.3 Å². The minimum Gasteiger partial charge on any atom is -0.459 e. The molecule has 3 aromatic rings. The highest BCUT2D eigenvalue weighted by Crippen LogP contribution is 2.19. The highest BCUT2D eigenvalue weighted by Gasteiger charge is 2.11. The average Bonchev–Trinajstić information content (AvgIpc) is 3.30. The second-order valence-electron chi connectivity index (χ2n) is 5.29. The predicted molar refractivity (Wildman–Crippen MR) is 90.0 cm³/mol. The summed E-state index contributed by atoms with van der Waals surface area (Å²) in [5.74, 6) is -1.16. The van der Waals surface area contributed by atoms with Crippen molar-refractivity contribution in [3.8, 4) is 5.69 Å². The molecule has 1 aromatic carbocycles. The molecule has 0 radical (unpaired) electrons. The second-order valence-corrected chi connectivity index (χ2v) is 5.29. The van der Waals surface area contributed by atoms with E-state index in [1.807, 2.05) is 24.5 Å². The first kappa shape index (κ1) is 16.5. The van der Waals surface area contributed by atoms with Gasteiger partial charge in [0.1, 0.15) is 5.82 Å². The van der Waals surface area contributed by atoms with Crippen molar-refractivity contribution in [1.82, 2.24) is 9.88 Å². The molecule has 7 heteroatoms. The molecule has 2 heterocycles. The summed E-state index contributed by atoms with van der Waals surface area (Å²) >= 11 is 0. The van der Waals surface area contributed by atoms with Crippen LogP contribution in [0.15, 0.2) is 65.5 Å². The third kappa shape index (κ3) is 4.14. The van der Waals surface area contributed by atoms with Crippen molar-refractivity contribution in [1.29, 1.82) is 0 Å². The van der Waals surface area contributed by atoms with Crippen LogP contribution in [0, 0.1) is 5.82 Å². The predicted octanol–water partition coefficient (Wildman–Crippen LogP) is 2.97. The van der Waals surface area contributed by atoms with E-state index in [0.717, 1.165) is 5.69 Å². The molecule has 25 heavy (non-hydrogen) atoms. The maximum Gasteiger partial charge on any atom is 0.286 e. The van der Waals surface area contributed by atoms with Gasteiger partial charge in [-0.15, -0.1) is 0 Å². The van der Waals surface area contributed by atoms with Crippen molar-refractivity contribution in [3.63, 3.8) is 0 Å². The first-order valence-corrected chi connectivity index (χ1v) is 7.68. The zero-order chi connectivity index (χ0) is 17.6. The molecule has 2 N–H and O–H groups in total. The van der Waals surface area contributed by atoms with E-state index in [9.17, 15) is 14.0 Å². The third-order valence-corrected chi connectivity index (χ3v) is 3.51. The van der Waals surface area contributed by atoms with Gasteiger partial charge in [0.15, 0.2) is 5.76 Å². The van der Waals surface area contributed by atoms with Crippen molar-refractivity contribution in [2.24, 2.45) is 0 Å². The molecular formula is C18H16FN3O3. The number of aromatic nitrogens is 1. The lowest BCUT2D eigenvalue weighted by Gasteiger charge is -2.10. The summed E-state index contributed by atoms with van der Waals surface area (Å²) in [6.45, 7) is 0.115. The monoisotopic (exact) mass is 341 g/mol. The van der Waals surface area contributed by atoms with Crippen LogP contribution in [0.3, 0.4) is 0 Å². The summed E-state index contributed by atoms with van der Waals surface area (Å²) in [5.41, 5.74) is 0.821. The number of amides is 2. The lowest BCUT2D eigenvalue weighted by molar-refractivity contribution is -0.116. The maximum absolute atomic E-state index is 13.9. The van der Waals surface area contributed by atoms with Crippen molar-refractivity contribution < 1.29 is 18.4 Å². The van der Waals surface area contributed by atoms with Gasteiger partial charge in [-0.2, -0.15) is 0 Å². The Balaban J connectivity index is 1.56. The normalized spacial score (nSPS) is 10.4. The molecule has 0 fully saturated rings. The van der Waals surface area contributed by atoms with Crippen molar-refractivity contribution in [2.45, 2.75) is 6.42 Å². The van der Waals surface area contributed by atoms with Crippen LogP contribution in [0.4, 0.5) is 10.1 Å². The van der Waals surface area contributed by atoms with Crippen LogP contribution in [0.5, 0.6) is 0 Å². The number of carbonyl (C=O) groups is 2. The number of carbonyl (C=O) groups excluding carboxylic acids is 2. The number of benzene rings is 1. The van der Waals surface area contributed by atoms with Gasteiger partial charge in [-0.1, -0.05) is 0 Å². The smallest absolute Gasteiger partial charge is 0.286 e. The van der Waals surface area contributed by atoms with Crippen LogP contribution < -0.4 is 10.6 Å². The molecule has 6 nitrogen and oxygen atoms in total. The summed E-state index contributed by atoms with van der Waals surface area (Å²) in [5, 5.41) is 5.08. The van der Waals surface area contributed by atoms with Gasteiger partial charge >= 0.3 is 0 Å². The number of nitrogens with one attached hydrogen (secondary N) is 2. The van der Waals surface area contributed by atoms with Gasteiger partial charge in [-0.05, 0) is 42.5 Å². The molecule has 0 aliphatic rings. The lowest BCUT2D eigenvalue weighted by atomic mass is 10.2. The molecule has 0 saturated carbocycles. The van der Waals surface area contributed by atoms with Gasteiger partial charge in [0.05, 0.1) is 12.0 Å². The summed E-state index contributed by atoms with van der Waals surface area (Å²) < 4.78 is 20.7. The van der Waals surface area contributed by atoms with E-state index in [4.69, 9.17) is 4.42 Å². The van der Waals surface area contributed by atoms with E-state index in [2.05, 4.69) is 10.6 Å². The van der Waals surface area contributed by atoms with Gasteiger partial charge in [0.25, 0.3) is 5.91 Å². The van der Waals surface area contributed by atoms with Gasteiger partial charge in [-0.3, -0.25) is 9.59 Å². The number of rotatable bonds is 6. The highest BCUT2D eigenvalue weighted by molar-refractivity contribution is 5.93. The van der Waals surface area contributed by atoms with Crippen molar-refractivity contribution in [3.05, 3.63) is 72.7 Å². The minimum atomic E-state index is -0.524. The second kappa shape index (κ2) is 7.48. The number of halogens is 1. The summed E-state index contributed by atoms with van der Waals surface area (Å²) in [6.07, 6.45) is 5.05. The Morgan fingerprint density at radius 3 is 2.64 bits per heavy atom. The average molecular weight is 341 g/mol. The molecule has 0 atom stereocenters. The van der Waals surface area contributed by atoms with E-state index in [0.29, 0.717) is 0 Å². The molecule has 0 unspecified atom stereocenters. The minimum absolute atomic E-state index is 0.0135. The fourth-order valence-electron chi connectivity index (χ4n) is 2.27.